The second-order valence-electron chi connectivity index (χ2n) is 21.7. The van der Waals surface area contributed by atoms with Gasteiger partial charge in [-0.3, -0.25) is 34.3 Å². The van der Waals surface area contributed by atoms with Crippen molar-refractivity contribution in [2.24, 2.45) is 11.3 Å². The van der Waals surface area contributed by atoms with Crippen molar-refractivity contribution in [2.75, 3.05) is 112 Å². The molecule has 0 bridgehead atoms. The van der Waals surface area contributed by atoms with Gasteiger partial charge in [0.25, 0.3) is 0 Å². The van der Waals surface area contributed by atoms with E-state index < -0.39 is 17.2 Å². The number of anilines is 4. The minimum atomic E-state index is -0.557. The van der Waals surface area contributed by atoms with Crippen molar-refractivity contribution in [3.05, 3.63) is 71.6 Å². The molecule has 1 atom stereocenters. The normalized spacial score (nSPS) is 22.6. The van der Waals surface area contributed by atoms with Gasteiger partial charge < -0.3 is 30.2 Å². The van der Waals surface area contributed by atoms with Crippen LogP contribution in [0.5, 0.6) is 0 Å². The zero-order valence-electron chi connectivity index (χ0n) is 41.3. The number of nitrogens with zero attached hydrogens (tertiary/aromatic N) is 8. The van der Waals surface area contributed by atoms with Gasteiger partial charge in [0.2, 0.25) is 23.6 Å². The van der Waals surface area contributed by atoms with Gasteiger partial charge in [0.1, 0.15) is 29.6 Å². The van der Waals surface area contributed by atoms with E-state index in [0.29, 0.717) is 69.8 Å². The third-order valence-corrected chi connectivity index (χ3v) is 16.1. The molecule has 4 amide bonds. The first-order chi connectivity index (χ1) is 33.8. The first-order valence-corrected chi connectivity index (χ1v) is 26.0. The lowest BCUT2D eigenvalue weighted by Crippen LogP contribution is -2.66. The zero-order chi connectivity index (χ0) is 48.8. The quantitative estimate of drug-likeness (QED) is 0.123. The Kier molecular flexibility index (Phi) is 15.5. The van der Waals surface area contributed by atoms with Crippen LogP contribution in [0.4, 0.5) is 31.8 Å². The lowest BCUT2D eigenvalue weighted by molar-refractivity contribution is -0.134. The first-order valence-electron chi connectivity index (χ1n) is 26.0. The minimum Gasteiger partial charge on any atom is -0.370 e. The summed E-state index contributed by atoms with van der Waals surface area (Å²) in [5.74, 6) is 0.647. The maximum absolute atomic E-state index is 15.7. The first kappa shape index (κ1) is 49.6. The number of halogens is 2. The Morgan fingerprint density at radius 3 is 2.23 bits per heavy atom. The molecule has 15 nitrogen and oxygen atoms in total. The second-order valence-corrected chi connectivity index (χ2v) is 21.7. The summed E-state index contributed by atoms with van der Waals surface area (Å²) >= 11 is 0. The molecular formula is C53H73F2N11O4. The highest BCUT2D eigenvalue weighted by molar-refractivity contribution is 6.01. The Bertz CT molecular complexity index is 2320. The second kappa shape index (κ2) is 21.9. The summed E-state index contributed by atoms with van der Waals surface area (Å²) in [4.78, 5) is 72.2. The Hall–Kier alpha value is -5.42. The molecule has 1 unspecified atom stereocenters. The molecule has 6 fully saturated rings. The van der Waals surface area contributed by atoms with Crippen molar-refractivity contribution in [3.8, 4) is 0 Å². The highest BCUT2D eigenvalue weighted by Crippen LogP contribution is 2.35. The monoisotopic (exact) mass is 966 g/mol. The van der Waals surface area contributed by atoms with Crippen LogP contribution in [0.15, 0.2) is 48.8 Å². The third-order valence-electron chi connectivity index (χ3n) is 16.1. The molecule has 9 rings (SSSR count). The predicted molar refractivity (Wildman–Crippen MR) is 268 cm³/mol. The number of imide groups is 1. The van der Waals surface area contributed by atoms with E-state index in [0.717, 1.165) is 128 Å². The van der Waals surface area contributed by atoms with Crippen molar-refractivity contribution >= 4 is 46.6 Å². The van der Waals surface area contributed by atoms with Crippen molar-refractivity contribution in [1.82, 2.24) is 35.3 Å². The van der Waals surface area contributed by atoms with E-state index in [1.165, 1.54) is 17.8 Å². The van der Waals surface area contributed by atoms with Crippen LogP contribution in [-0.4, -0.2) is 145 Å². The largest absolute Gasteiger partial charge is 0.370 e. The molecule has 1 spiro atoms. The Morgan fingerprint density at radius 2 is 1.50 bits per heavy atom. The van der Waals surface area contributed by atoms with E-state index in [-0.39, 0.29) is 47.2 Å². The SMILES string of the molecule is CC1(C)CCN(Cc2cc(F)c(N3CC(=O)NC4(CCN(c5cc(NCCCCCC(=O)N6CCC(CN7CCN(c8ccc(C9CCC(=O)NC9=O)cc8)CC7)CC6)ncn5)CC4)C3)cc2F)CC1. The molecule has 7 heterocycles. The highest BCUT2D eigenvalue weighted by atomic mass is 19.1. The zero-order valence-corrected chi connectivity index (χ0v) is 41.3. The van der Waals surface area contributed by atoms with Gasteiger partial charge in [0.15, 0.2) is 0 Å². The predicted octanol–water partition coefficient (Wildman–Crippen LogP) is 5.91. The maximum Gasteiger partial charge on any atom is 0.240 e. The molecule has 17 heteroatoms. The van der Waals surface area contributed by atoms with Gasteiger partial charge in [0, 0.05) is 115 Å². The fraction of sp³-hybridized carbons (Fsp3) is 0.623. The van der Waals surface area contributed by atoms with Crippen molar-refractivity contribution in [2.45, 2.75) is 109 Å². The summed E-state index contributed by atoms with van der Waals surface area (Å²) in [5, 5.41) is 9.10. The lowest BCUT2D eigenvalue weighted by Gasteiger charge is -2.48. The fourth-order valence-electron chi connectivity index (χ4n) is 11.5. The Balaban J connectivity index is 0.643. The molecule has 378 valence electrons. The summed E-state index contributed by atoms with van der Waals surface area (Å²) in [5.41, 5.74) is 2.35. The van der Waals surface area contributed by atoms with Crippen LogP contribution in [0.3, 0.4) is 0 Å². The van der Waals surface area contributed by atoms with Crippen LogP contribution in [0.1, 0.15) is 108 Å². The molecule has 3 N–H and O–H groups in total. The van der Waals surface area contributed by atoms with E-state index in [1.807, 2.05) is 18.2 Å². The van der Waals surface area contributed by atoms with Crippen LogP contribution >= 0.6 is 0 Å². The third kappa shape index (κ3) is 12.4. The number of hydrogen-bond acceptors (Lipinski definition) is 12. The maximum atomic E-state index is 15.7. The molecule has 2 aromatic carbocycles. The molecule has 70 heavy (non-hydrogen) atoms. The van der Waals surface area contributed by atoms with Gasteiger partial charge in [-0.1, -0.05) is 32.4 Å². The van der Waals surface area contributed by atoms with Crippen LogP contribution in [0.2, 0.25) is 0 Å². The van der Waals surface area contributed by atoms with Gasteiger partial charge >= 0.3 is 0 Å². The molecule has 3 aromatic rings. The van der Waals surface area contributed by atoms with Crippen LogP contribution in [-0.2, 0) is 25.7 Å². The molecule has 0 radical (unpaired) electrons. The summed E-state index contributed by atoms with van der Waals surface area (Å²) in [6, 6.07) is 12.8. The summed E-state index contributed by atoms with van der Waals surface area (Å²) in [6.07, 6.45) is 11.2. The minimum absolute atomic E-state index is 0.0167. The molecule has 6 aliphatic heterocycles. The number of hydrogen-bond donors (Lipinski definition) is 3. The molecule has 0 saturated carbocycles. The van der Waals surface area contributed by atoms with E-state index >= 15 is 8.78 Å². The van der Waals surface area contributed by atoms with Gasteiger partial charge in [-0.15, -0.1) is 0 Å². The van der Waals surface area contributed by atoms with Crippen LogP contribution < -0.4 is 30.7 Å². The van der Waals surface area contributed by atoms with E-state index in [4.69, 9.17) is 0 Å². The van der Waals surface area contributed by atoms with E-state index in [1.54, 1.807) is 11.2 Å². The average molecular weight is 966 g/mol. The number of benzene rings is 2. The van der Waals surface area contributed by atoms with Crippen LogP contribution in [0.25, 0.3) is 0 Å². The fourth-order valence-corrected chi connectivity index (χ4v) is 11.5. The van der Waals surface area contributed by atoms with Crippen molar-refractivity contribution < 1.29 is 28.0 Å². The molecule has 6 aliphatic rings. The highest BCUT2D eigenvalue weighted by Gasteiger charge is 2.42. The number of carbonyl (C=O) groups is 4. The number of carbonyl (C=O) groups excluding carboxylic acids is 4. The number of piperazine rings is 2. The van der Waals surface area contributed by atoms with E-state index in [2.05, 4.69) is 76.4 Å². The number of amides is 4. The number of rotatable bonds is 15. The van der Waals surface area contributed by atoms with Gasteiger partial charge in [-0.05, 0) is 106 Å². The molecular weight excluding hydrogens is 893 g/mol. The molecule has 6 saturated heterocycles. The Labute approximate surface area is 412 Å². The number of likely N-dealkylation sites (tertiary alicyclic amines) is 2. The van der Waals surface area contributed by atoms with Crippen molar-refractivity contribution in [3.63, 3.8) is 0 Å². The summed E-state index contributed by atoms with van der Waals surface area (Å²) in [7, 11) is 0. The summed E-state index contributed by atoms with van der Waals surface area (Å²) < 4.78 is 31.2. The average Bonchev–Trinajstić information content (AvgIpc) is 3.35. The topological polar surface area (TPSA) is 150 Å². The smallest absolute Gasteiger partial charge is 0.240 e. The van der Waals surface area contributed by atoms with Crippen LogP contribution in [0, 0.1) is 23.0 Å². The van der Waals surface area contributed by atoms with Gasteiger partial charge in [-0.25, -0.2) is 18.7 Å². The van der Waals surface area contributed by atoms with E-state index in [9.17, 15) is 19.2 Å². The van der Waals surface area contributed by atoms with Gasteiger partial charge in [-0.2, -0.15) is 0 Å². The summed E-state index contributed by atoms with van der Waals surface area (Å²) in [6.45, 7) is 15.7. The van der Waals surface area contributed by atoms with Crippen molar-refractivity contribution in [1.29, 1.82) is 0 Å². The Morgan fingerprint density at radius 1 is 0.757 bits per heavy atom. The molecule has 1 aromatic heterocycles. The molecule has 0 aliphatic carbocycles. The number of piperidine rings is 4. The number of aromatic nitrogens is 2. The lowest BCUT2D eigenvalue weighted by atomic mass is 9.82. The standard InChI is InChI=1S/C53H73F2N11O4/c1-52(2)15-22-61(23-16-52)34-40-30-44(55)45(31-43(40)54)66-35-49(68)60-53(36-66)17-24-64(25-18-53)47-32-46(57-37-58-47)56-19-5-3-4-6-50(69)65-20-13-38(14-21-65)33-62-26-28-63(29-27-62)41-9-7-39(8-10-41)42-11-12-48(67)59-51(42)70/h7-10,30-32,37-38,42H,3-6,11-29,33-36H2,1-2H3,(H,60,68)(H,56,57,58)(H,59,67,70). The van der Waals surface area contributed by atoms with Gasteiger partial charge in [0.05, 0.1) is 23.7 Å². The number of nitrogens with one attached hydrogen (secondary N) is 3. The number of unbranched alkanes of at least 4 members (excludes halogenated alkanes) is 2.